The molecule has 0 radical (unpaired) electrons. The lowest BCUT2D eigenvalue weighted by molar-refractivity contribution is 0.0981. The number of benzene rings is 1. The van der Waals surface area contributed by atoms with Crippen LogP contribution in [0.2, 0.25) is 0 Å². The van der Waals surface area contributed by atoms with Gasteiger partial charge in [-0.2, -0.15) is 0 Å². The van der Waals surface area contributed by atoms with E-state index >= 15 is 0 Å². The first-order chi connectivity index (χ1) is 9.47. The van der Waals surface area contributed by atoms with Gasteiger partial charge in [-0.1, -0.05) is 23.2 Å². The van der Waals surface area contributed by atoms with Gasteiger partial charge < -0.3 is 22.4 Å². The SMILES string of the molecule is Cc1ccc(OCCCC2CCCO2)c([B-](F)(F)F)c1. The molecule has 0 aromatic heterocycles. The van der Waals surface area contributed by atoms with Crippen molar-refractivity contribution >= 4 is 12.4 Å². The van der Waals surface area contributed by atoms with Crippen LogP contribution in [0, 0.1) is 6.92 Å². The first-order valence-corrected chi connectivity index (χ1v) is 7.02. The molecular formula is C14H19BF3O2-. The van der Waals surface area contributed by atoms with Gasteiger partial charge in [-0.25, -0.2) is 0 Å². The fourth-order valence-electron chi connectivity index (χ4n) is 2.42. The molecule has 0 bridgehead atoms. The lowest BCUT2D eigenvalue weighted by Crippen LogP contribution is -2.35. The molecule has 2 rings (SSSR count). The van der Waals surface area contributed by atoms with E-state index in [1.807, 2.05) is 0 Å². The molecule has 0 saturated carbocycles. The summed E-state index contributed by atoms with van der Waals surface area (Å²) < 4.78 is 49.6. The third-order valence-electron chi connectivity index (χ3n) is 3.47. The van der Waals surface area contributed by atoms with E-state index in [0.29, 0.717) is 18.6 Å². The van der Waals surface area contributed by atoms with Crippen LogP contribution >= 0.6 is 0 Å². The Hall–Kier alpha value is -1.17. The van der Waals surface area contributed by atoms with Crippen molar-refractivity contribution < 1.29 is 22.4 Å². The number of halogens is 3. The van der Waals surface area contributed by atoms with Crippen molar-refractivity contribution in [2.75, 3.05) is 13.2 Å². The summed E-state index contributed by atoms with van der Waals surface area (Å²) >= 11 is 0. The monoisotopic (exact) mass is 287 g/mol. The second kappa shape index (κ2) is 6.52. The normalized spacial score (nSPS) is 19.3. The minimum absolute atomic E-state index is 0.0598. The number of aryl methyl sites for hydroxylation is 1. The van der Waals surface area contributed by atoms with Crippen LogP contribution in [0.25, 0.3) is 0 Å². The van der Waals surface area contributed by atoms with Gasteiger partial charge >= 0.3 is 6.98 Å². The zero-order valence-corrected chi connectivity index (χ0v) is 11.6. The Kier molecular flexibility index (Phi) is 4.97. The third-order valence-corrected chi connectivity index (χ3v) is 3.47. The van der Waals surface area contributed by atoms with Gasteiger partial charge in [-0.15, -0.1) is 0 Å². The quantitative estimate of drug-likeness (QED) is 0.590. The summed E-state index contributed by atoms with van der Waals surface area (Å²) in [6, 6.07) is 4.20. The largest absolute Gasteiger partial charge is 0.513 e. The fraction of sp³-hybridized carbons (Fsp3) is 0.571. The Morgan fingerprint density at radius 2 is 2.15 bits per heavy atom. The molecule has 1 saturated heterocycles. The Morgan fingerprint density at radius 3 is 2.80 bits per heavy atom. The lowest BCUT2D eigenvalue weighted by atomic mass is 9.78. The van der Waals surface area contributed by atoms with E-state index in [4.69, 9.17) is 9.47 Å². The zero-order valence-electron chi connectivity index (χ0n) is 11.6. The van der Waals surface area contributed by atoms with E-state index in [2.05, 4.69) is 0 Å². The molecule has 112 valence electrons. The van der Waals surface area contributed by atoms with Crippen molar-refractivity contribution in [3.05, 3.63) is 23.8 Å². The fourth-order valence-corrected chi connectivity index (χ4v) is 2.42. The molecule has 1 fully saturated rings. The number of hydrogen-bond acceptors (Lipinski definition) is 2. The van der Waals surface area contributed by atoms with Crippen molar-refractivity contribution in [1.29, 1.82) is 0 Å². The van der Waals surface area contributed by atoms with E-state index in [-0.39, 0.29) is 11.9 Å². The van der Waals surface area contributed by atoms with Crippen LogP contribution in [-0.4, -0.2) is 26.3 Å². The van der Waals surface area contributed by atoms with Gasteiger partial charge in [0.05, 0.1) is 18.5 Å². The standard InChI is InChI=1S/C14H19BF3O2/c1-11-6-7-14(13(10-11)15(16,17)18)20-9-3-5-12-4-2-8-19-12/h6-7,10,12H,2-5,8-9H2,1H3/q-1. The predicted octanol–water partition coefficient (Wildman–Crippen LogP) is 3.39. The molecule has 1 aliphatic heterocycles. The Balaban J connectivity index is 1.88. The highest BCUT2D eigenvalue weighted by Crippen LogP contribution is 2.20. The Bertz CT molecular complexity index is 443. The molecule has 1 aliphatic rings. The van der Waals surface area contributed by atoms with Gasteiger partial charge in [0.15, 0.2) is 0 Å². The number of rotatable bonds is 6. The van der Waals surface area contributed by atoms with Crippen LogP contribution in [-0.2, 0) is 4.74 Å². The summed E-state index contributed by atoms with van der Waals surface area (Å²) in [7, 11) is 0. The smallest absolute Gasteiger partial charge is 0.497 e. The van der Waals surface area contributed by atoms with Gasteiger partial charge in [0.2, 0.25) is 0 Å². The molecule has 1 aromatic carbocycles. The molecule has 0 amide bonds. The van der Waals surface area contributed by atoms with Gasteiger partial charge in [-0.05, 0) is 38.7 Å². The molecule has 1 heterocycles. The molecule has 0 N–H and O–H groups in total. The highest BCUT2D eigenvalue weighted by Gasteiger charge is 2.29. The maximum atomic E-state index is 12.9. The summed E-state index contributed by atoms with van der Waals surface area (Å²) in [5.41, 5.74) is -0.0481. The Morgan fingerprint density at radius 1 is 1.35 bits per heavy atom. The summed E-state index contributed by atoms with van der Waals surface area (Å²) in [5, 5.41) is 0. The lowest BCUT2D eigenvalue weighted by Gasteiger charge is -2.20. The van der Waals surface area contributed by atoms with Crippen molar-refractivity contribution in [2.45, 2.75) is 38.7 Å². The van der Waals surface area contributed by atoms with Gasteiger partial charge in [-0.3, -0.25) is 0 Å². The topological polar surface area (TPSA) is 18.5 Å². The van der Waals surface area contributed by atoms with E-state index in [9.17, 15) is 12.9 Å². The molecule has 1 unspecified atom stereocenters. The molecule has 1 aromatic rings. The third kappa shape index (κ3) is 4.17. The summed E-state index contributed by atoms with van der Waals surface area (Å²) in [4.78, 5) is 0. The number of ether oxygens (including phenoxy) is 2. The molecule has 6 heteroatoms. The average Bonchev–Trinajstić information content (AvgIpc) is 2.88. The summed E-state index contributed by atoms with van der Waals surface area (Å²) in [5.74, 6) is -0.0598. The van der Waals surface area contributed by atoms with Crippen LogP contribution < -0.4 is 10.2 Å². The van der Waals surface area contributed by atoms with Gasteiger partial charge in [0.25, 0.3) is 0 Å². The van der Waals surface area contributed by atoms with Crippen LogP contribution in [0.1, 0.15) is 31.2 Å². The average molecular weight is 287 g/mol. The molecule has 0 spiro atoms. The minimum Gasteiger partial charge on any atom is -0.497 e. The van der Waals surface area contributed by atoms with Crippen LogP contribution in [0.5, 0.6) is 5.75 Å². The highest BCUT2D eigenvalue weighted by molar-refractivity contribution is 6.74. The first kappa shape index (κ1) is 15.2. The predicted molar refractivity (Wildman–Crippen MR) is 73.6 cm³/mol. The van der Waals surface area contributed by atoms with Crippen molar-refractivity contribution in [3.8, 4) is 5.75 Å². The van der Waals surface area contributed by atoms with Crippen molar-refractivity contribution in [1.82, 2.24) is 0 Å². The zero-order chi connectivity index (χ0) is 14.6. The van der Waals surface area contributed by atoms with Crippen molar-refractivity contribution in [3.63, 3.8) is 0 Å². The van der Waals surface area contributed by atoms with E-state index in [1.54, 1.807) is 13.0 Å². The molecule has 20 heavy (non-hydrogen) atoms. The van der Waals surface area contributed by atoms with Crippen molar-refractivity contribution in [2.24, 2.45) is 0 Å². The molecule has 0 aliphatic carbocycles. The second-order valence-corrected chi connectivity index (χ2v) is 5.24. The Labute approximate surface area is 117 Å². The van der Waals surface area contributed by atoms with Crippen LogP contribution in [0.3, 0.4) is 0 Å². The molecule has 1 atom stereocenters. The van der Waals surface area contributed by atoms with Gasteiger partial charge in [0.1, 0.15) is 0 Å². The first-order valence-electron chi connectivity index (χ1n) is 7.02. The van der Waals surface area contributed by atoms with E-state index < -0.39 is 12.4 Å². The molecule has 2 nitrogen and oxygen atoms in total. The summed E-state index contributed by atoms with van der Waals surface area (Å²) in [6.45, 7) is -2.30. The number of hydrogen-bond donors (Lipinski definition) is 0. The van der Waals surface area contributed by atoms with E-state index in [1.165, 1.54) is 6.07 Å². The van der Waals surface area contributed by atoms with Gasteiger partial charge in [0, 0.05) is 6.61 Å². The second-order valence-electron chi connectivity index (χ2n) is 5.24. The summed E-state index contributed by atoms with van der Waals surface area (Å²) in [6.07, 6.45) is 3.93. The minimum atomic E-state index is -5.04. The van der Waals surface area contributed by atoms with Crippen LogP contribution in [0.15, 0.2) is 18.2 Å². The highest BCUT2D eigenvalue weighted by atomic mass is 19.4. The molecular weight excluding hydrogens is 268 g/mol. The maximum Gasteiger partial charge on any atom is 0.513 e. The van der Waals surface area contributed by atoms with E-state index in [0.717, 1.165) is 31.9 Å². The van der Waals surface area contributed by atoms with Crippen LogP contribution in [0.4, 0.5) is 12.9 Å². The maximum absolute atomic E-state index is 12.9.